The van der Waals surface area contributed by atoms with E-state index in [2.05, 4.69) is 16.0 Å². The third-order valence-electron chi connectivity index (χ3n) is 2.90. The minimum absolute atomic E-state index is 0.297. The molecule has 0 aromatic carbocycles. The van der Waals surface area contributed by atoms with Crippen molar-refractivity contribution in [3.05, 3.63) is 0 Å². The molecular weight excluding hydrogens is 262 g/mol. The van der Waals surface area contributed by atoms with Gasteiger partial charge >= 0.3 is 12.0 Å². The maximum Gasteiger partial charge on any atom is 0.329 e. The molecule has 7 nitrogen and oxygen atoms in total. The predicted octanol–water partition coefficient (Wildman–Crippen LogP) is 0.844. The van der Waals surface area contributed by atoms with Gasteiger partial charge in [-0.2, -0.15) is 0 Å². The number of aliphatic carboxylic acids is 1. The number of nitrogens with one attached hydrogen (secondary N) is 3. The molecule has 3 amide bonds. The van der Waals surface area contributed by atoms with Crippen molar-refractivity contribution in [2.75, 3.05) is 6.54 Å². The van der Waals surface area contributed by atoms with E-state index in [4.69, 9.17) is 5.11 Å². The van der Waals surface area contributed by atoms with Crippen LogP contribution in [0.4, 0.5) is 4.79 Å². The second-order valence-electron chi connectivity index (χ2n) is 5.00. The predicted molar refractivity (Wildman–Crippen MR) is 75.4 cm³/mol. The summed E-state index contributed by atoms with van der Waals surface area (Å²) in [6.45, 7) is 7.29. The first-order chi connectivity index (χ1) is 9.26. The van der Waals surface area contributed by atoms with Crippen LogP contribution in [0.5, 0.6) is 0 Å². The Morgan fingerprint density at radius 3 is 2.25 bits per heavy atom. The van der Waals surface area contributed by atoms with E-state index in [1.807, 2.05) is 13.8 Å². The molecule has 2 atom stereocenters. The van der Waals surface area contributed by atoms with Crippen LogP contribution < -0.4 is 16.0 Å². The van der Waals surface area contributed by atoms with E-state index < -0.39 is 23.6 Å². The van der Waals surface area contributed by atoms with Gasteiger partial charge in [-0.1, -0.05) is 20.3 Å². The summed E-state index contributed by atoms with van der Waals surface area (Å²) in [5.74, 6) is -1.40. The zero-order valence-corrected chi connectivity index (χ0v) is 12.6. The first kappa shape index (κ1) is 18.2. The lowest BCUT2D eigenvalue weighted by Crippen LogP contribution is -2.58. The molecular formula is C13H25N3O4. The Morgan fingerprint density at radius 1 is 1.20 bits per heavy atom. The van der Waals surface area contributed by atoms with Gasteiger partial charge in [0.1, 0.15) is 11.6 Å². The highest BCUT2D eigenvalue weighted by molar-refractivity contribution is 5.89. The summed E-state index contributed by atoms with van der Waals surface area (Å²) in [6, 6.07) is -1.39. The van der Waals surface area contributed by atoms with Crippen LogP contribution in [-0.2, 0) is 9.59 Å². The number of rotatable bonds is 8. The number of hydrogen-bond donors (Lipinski definition) is 4. The van der Waals surface area contributed by atoms with E-state index >= 15 is 0 Å². The van der Waals surface area contributed by atoms with Crippen molar-refractivity contribution < 1.29 is 19.5 Å². The van der Waals surface area contributed by atoms with Crippen molar-refractivity contribution in [1.82, 2.24) is 16.0 Å². The van der Waals surface area contributed by atoms with Crippen LogP contribution >= 0.6 is 0 Å². The first-order valence-electron chi connectivity index (χ1n) is 6.86. The van der Waals surface area contributed by atoms with Crippen molar-refractivity contribution >= 4 is 17.9 Å². The van der Waals surface area contributed by atoms with Crippen molar-refractivity contribution in [2.24, 2.45) is 0 Å². The van der Waals surface area contributed by atoms with Crippen molar-refractivity contribution in [3.63, 3.8) is 0 Å². The van der Waals surface area contributed by atoms with Crippen LogP contribution in [-0.4, -0.2) is 41.1 Å². The molecule has 2 unspecified atom stereocenters. The van der Waals surface area contributed by atoms with E-state index in [-0.39, 0.29) is 5.91 Å². The number of carbonyl (C=O) groups is 3. The molecule has 0 rings (SSSR count). The maximum atomic E-state index is 11.8. The van der Waals surface area contributed by atoms with Gasteiger partial charge in [0.15, 0.2) is 0 Å². The molecule has 116 valence electrons. The first-order valence-corrected chi connectivity index (χ1v) is 6.86. The van der Waals surface area contributed by atoms with E-state index in [9.17, 15) is 14.4 Å². The van der Waals surface area contributed by atoms with Gasteiger partial charge < -0.3 is 21.1 Å². The summed E-state index contributed by atoms with van der Waals surface area (Å²) in [6.07, 6.45) is 1.74. The Hall–Kier alpha value is -1.79. The fraction of sp³-hybridized carbons (Fsp3) is 0.769. The van der Waals surface area contributed by atoms with Gasteiger partial charge in [-0.15, -0.1) is 0 Å². The Kier molecular flexibility index (Phi) is 7.64. The summed E-state index contributed by atoms with van der Waals surface area (Å²) in [5.41, 5.74) is -1.33. The molecule has 0 aliphatic heterocycles. The molecule has 0 aliphatic rings. The van der Waals surface area contributed by atoms with Crippen LogP contribution in [0.15, 0.2) is 0 Å². The van der Waals surface area contributed by atoms with Gasteiger partial charge in [-0.3, -0.25) is 4.79 Å². The molecule has 0 saturated heterocycles. The summed E-state index contributed by atoms with van der Waals surface area (Å²) < 4.78 is 0. The molecule has 0 fully saturated rings. The molecule has 0 aliphatic carbocycles. The van der Waals surface area contributed by atoms with Crippen LogP contribution in [0.3, 0.4) is 0 Å². The highest BCUT2D eigenvalue weighted by Crippen LogP contribution is 2.12. The Bertz CT molecular complexity index is 360. The van der Waals surface area contributed by atoms with Crippen molar-refractivity contribution in [1.29, 1.82) is 0 Å². The summed E-state index contributed by atoms with van der Waals surface area (Å²) in [7, 11) is 0. The van der Waals surface area contributed by atoms with Gasteiger partial charge in [0, 0.05) is 6.54 Å². The molecule has 0 aromatic rings. The molecule has 0 radical (unpaired) electrons. The average molecular weight is 287 g/mol. The lowest BCUT2D eigenvalue weighted by atomic mass is 9.96. The number of hydrogen-bond acceptors (Lipinski definition) is 3. The zero-order chi connectivity index (χ0) is 15.8. The lowest BCUT2D eigenvalue weighted by molar-refractivity contribution is -0.144. The molecule has 20 heavy (non-hydrogen) atoms. The molecule has 7 heteroatoms. The normalized spacial score (nSPS) is 14.8. The summed E-state index contributed by atoms with van der Waals surface area (Å²) >= 11 is 0. The number of urea groups is 1. The summed E-state index contributed by atoms with van der Waals surface area (Å²) in [5, 5.41) is 16.6. The standard InChI is InChI=1S/C13H25N3O4/c1-5-7-13(4,11(18)19)16-12(20)15-9(3)10(17)14-8-6-2/h9H,5-8H2,1-4H3,(H,14,17)(H,18,19)(H2,15,16,20). The highest BCUT2D eigenvalue weighted by Gasteiger charge is 2.34. The molecule has 4 N–H and O–H groups in total. The quantitative estimate of drug-likeness (QED) is 0.530. The largest absolute Gasteiger partial charge is 0.480 e. The minimum atomic E-state index is -1.33. The number of carboxylic acid groups (broad SMARTS) is 1. The molecule has 0 saturated carbocycles. The van der Waals surface area contributed by atoms with Crippen LogP contribution in [0, 0.1) is 0 Å². The second kappa shape index (κ2) is 8.39. The Labute approximate surface area is 119 Å². The van der Waals surface area contributed by atoms with Gasteiger partial charge in [-0.25, -0.2) is 9.59 Å². The van der Waals surface area contributed by atoms with Crippen LogP contribution in [0.1, 0.15) is 47.0 Å². The summed E-state index contributed by atoms with van der Waals surface area (Å²) in [4.78, 5) is 34.5. The smallest absolute Gasteiger partial charge is 0.329 e. The molecule has 0 aromatic heterocycles. The van der Waals surface area contributed by atoms with Crippen molar-refractivity contribution in [3.8, 4) is 0 Å². The number of carboxylic acids is 1. The minimum Gasteiger partial charge on any atom is -0.480 e. The number of carbonyl (C=O) groups excluding carboxylic acids is 2. The SMILES string of the molecule is CCCNC(=O)C(C)NC(=O)NC(C)(CCC)C(=O)O. The van der Waals surface area contributed by atoms with E-state index in [1.54, 1.807) is 6.92 Å². The fourth-order valence-corrected chi connectivity index (χ4v) is 1.67. The third-order valence-corrected chi connectivity index (χ3v) is 2.90. The zero-order valence-electron chi connectivity index (χ0n) is 12.6. The topological polar surface area (TPSA) is 108 Å². The average Bonchev–Trinajstić information content (AvgIpc) is 2.35. The van der Waals surface area contributed by atoms with Crippen LogP contribution in [0.25, 0.3) is 0 Å². The van der Waals surface area contributed by atoms with Gasteiger partial charge in [0.2, 0.25) is 5.91 Å². The van der Waals surface area contributed by atoms with Crippen molar-refractivity contribution in [2.45, 2.75) is 58.5 Å². The van der Waals surface area contributed by atoms with Gasteiger partial charge in [0.05, 0.1) is 0 Å². The monoisotopic (exact) mass is 287 g/mol. The molecule has 0 bridgehead atoms. The Balaban J connectivity index is 4.46. The third kappa shape index (κ3) is 5.90. The maximum absolute atomic E-state index is 11.8. The lowest BCUT2D eigenvalue weighted by Gasteiger charge is -2.26. The second-order valence-corrected chi connectivity index (χ2v) is 5.00. The number of amides is 3. The van der Waals surface area contributed by atoms with Gasteiger partial charge in [0.25, 0.3) is 0 Å². The molecule has 0 spiro atoms. The molecule has 0 heterocycles. The van der Waals surface area contributed by atoms with E-state index in [1.165, 1.54) is 6.92 Å². The van der Waals surface area contributed by atoms with Gasteiger partial charge in [-0.05, 0) is 26.7 Å². The van der Waals surface area contributed by atoms with Crippen LogP contribution in [0.2, 0.25) is 0 Å². The van der Waals surface area contributed by atoms with E-state index in [0.717, 1.165) is 6.42 Å². The fourth-order valence-electron chi connectivity index (χ4n) is 1.67. The van der Waals surface area contributed by atoms with E-state index in [0.29, 0.717) is 19.4 Å². The Morgan fingerprint density at radius 2 is 1.80 bits per heavy atom. The highest BCUT2D eigenvalue weighted by atomic mass is 16.4.